The first-order chi connectivity index (χ1) is 11.2. The first-order valence-electron chi connectivity index (χ1n) is 7.88. The SMILES string of the molecule is CCOc1ccc(CNC(=O)C2Cc3ccccc32)cc1OC. The molecular formula is C19H21NO3. The molecule has 0 spiro atoms. The van der Waals surface area contributed by atoms with E-state index in [1.54, 1.807) is 7.11 Å². The van der Waals surface area contributed by atoms with Crippen molar-refractivity contribution in [2.45, 2.75) is 25.8 Å². The lowest BCUT2D eigenvalue weighted by molar-refractivity contribution is -0.123. The lowest BCUT2D eigenvalue weighted by Gasteiger charge is -2.28. The highest BCUT2D eigenvalue weighted by Crippen LogP contribution is 2.35. The molecule has 1 atom stereocenters. The van der Waals surface area contributed by atoms with Gasteiger partial charge in [-0.3, -0.25) is 4.79 Å². The number of carbonyl (C=O) groups excluding carboxylic acids is 1. The summed E-state index contributed by atoms with van der Waals surface area (Å²) in [5, 5.41) is 3.01. The minimum absolute atomic E-state index is 0.0178. The van der Waals surface area contributed by atoms with Crippen LogP contribution in [0.15, 0.2) is 42.5 Å². The fourth-order valence-corrected chi connectivity index (χ4v) is 2.90. The van der Waals surface area contributed by atoms with E-state index in [0.29, 0.717) is 18.9 Å². The van der Waals surface area contributed by atoms with Crippen LogP contribution < -0.4 is 14.8 Å². The molecular weight excluding hydrogens is 290 g/mol. The number of carbonyl (C=O) groups is 1. The van der Waals surface area contributed by atoms with Crippen molar-refractivity contribution < 1.29 is 14.3 Å². The van der Waals surface area contributed by atoms with Gasteiger partial charge < -0.3 is 14.8 Å². The Labute approximate surface area is 136 Å². The lowest BCUT2D eigenvalue weighted by atomic mass is 9.77. The molecule has 0 saturated heterocycles. The molecule has 0 bridgehead atoms. The second-order valence-corrected chi connectivity index (χ2v) is 5.59. The van der Waals surface area contributed by atoms with E-state index >= 15 is 0 Å². The highest BCUT2D eigenvalue weighted by molar-refractivity contribution is 5.86. The number of hydrogen-bond donors (Lipinski definition) is 1. The van der Waals surface area contributed by atoms with E-state index in [4.69, 9.17) is 9.47 Å². The van der Waals surface area contributed by atoms with Gasteiger partial charge in [0, 0.05) is 6.54 Å². The summed E-state index contributed by atoms with van der Waals surface area (Å²) < 4.78 is 10.8. The van der Waals surface area contributed by atoms with Gasteiger partial charge in [-0.05, 0) is 42.2 Å². The fourth-order valence-electron chi connectivity index (χ4n) is 2.90. The van der Waals surface area contributed by atoms with E-state index < -0.39 is 0 Å². The molecule has 23 heavy (non-hydrogen) atoms. The lowest BCUT2D eigenvalue weighted by Crippen LogP contribution is -2.35. The second kappa shape index (κ2) is 6.73. The van der Waals surface area contributed by atoms with Crippen LogP contribution in [-0.2, 0) is 17.8 Å². The van der Waals surface area contributed by atoms with Crippen LogP contribution in [0.1, 0.15) is 29.5 Å². The first-order valence-corrected chi connectivity index (χ1v) is 7.88. The average molecular weight is 311 g/mol. The zero-order valence-electron chi connectivity index (χ0n) is 13.5. The van der Waals surface area contributed by atoms with Crippen molar-refractivity contribution in [3.05, 3.63) is 59.2 Å². The number of methoxy groups -OCH3 is 1. The topological polar surface area (TPSA) is 47.6 Å². The van der Waals surface area contributed by atoms with Crippen LogP contribution in [0.2, 0.25) is 0 Å². The number of ether oxygens (including phenoxy) is 2. The molecule has 0 saturated carbocycles. The van der Waals surface area contributed by atoms with Crippen molar-refractivity contribution in [2.24, 2.45) is 0 Å². The Morgan fingerprint density at radius 3 is 2.78 bits per heavy atom. The van der Waals surface area contributed by atoms with Gasteiger partial charge in [0.05, 0.1) is 19.6 Å². The normalized spacial score (nSPS) is 15.3. The molecule has 0 aromatic heterocycles. The number of hydrogen-bond acceptors (Lipinski definition) is 3. The van der Waals surface area contributed by atoms with Crippen LogP contribution in [0.5, 0.6) is 11.5 Å². The molecule has 1 aliphatic rings. The summed E-state index contributed by atoms with van der Waals surface area (Å²) in [7, 11) is 1.62. The Bertz CT molecular complexity index is 712. The monoisotopic (exact) mass is 311 g/mol. The number of fused-ring (bicyclic) bond motifs is 1. The van der Waals surface area contributed by atoms with Gasteiger partial charge in [-0.1, -0.05) is 30.3 Å². The summed E-state index contributed by atoms with van der Waals surface area (Å²) in [6.07, 6.45) is 0.828. The Balaban J connectivity index is 1.62. The van der Waals surface area contributed by atoms with E-state index in [-0.39, 0.29) is 11.8 Å². The summed E-state index contributed by atoms with van der Waals surface area (Å²) in [6, 6.07) is 13.8. The van der Waals surface area contributed by atoms with Gasteiger partial charge in [0.1, 0.15) is 0 Å². The van der Waals surface area contributed by atoms with Gasteiger partial charge >= 0.3 is 0 Å². The van der Waals surface area contributed by atoms with Gasteiger partial charge in [0.2, 0.25) is 5.91 Å². The van der Waals surface area contributed by atoms with E-state index in [1.165, 1.54) is 5.56 Å². The molecule has 0 heterocycles. The summed E-state index contributed by atoms with van der Waals surface area (Å²) in [4.78, 5) is 12.3. The van der Waals surface area contributed by atoms with Gasteiger partial charge in [-0.15, -0.1) is 0 Å². The summed E-state index contributed by atoms with van der Waals surface area (Å²) in [5.41, 5.74) is 3.41. The molecule has 3 rings (SSSR count). The molecule has 120 valence electrons. The third kappa shape index (κ3) is 3.16. The van der Waals surface area contributed by atoms with E-state index in [9.17, 15) is 4.79 Å². The summed E-state index contributed by atoms with van der Waals surface area (Å²) >= 11 is 0. The molecule has 1 unspecified atom stereocenters. The Morgan fingerprint density at radius 2 is 2.04 bits per heavy atom. The average Bonchev–Trinajstić information content (AvgIpc) is 2.55. The van der Waals surface area contributed by atoms with Crippen LogP contribution in [-0.4, -0.2) is 19.6 Å². The van der Waals surface area contributed by atoms with Crippen molar-refractivity contribution in [1.82, 2.24) is 5.32 Å². The second-order valence-electron chi connectivity index (χ2n) is 5.59. The molecule has 2 aromatic carbocycles. The first kappa shape index (κ1) is 15.4. The van der Waals surface area contributed by atoms with Crippen LogP contribution in [0.4, 0.5) is 0 Å². The molecule has 1 N–H and O–H groups in total. The Hall–Kier alpha value is -2.49. The molecule has 0 fully saturated rings. The maximum absolute atomic E-state index is 12.3. The van der Waals surface area contributed by atoms with Crippen LogP contribution in [0.3, 0.4) is 0 Å². The van der Waals surface area contributed by atoms with Gasteiger partial charge in [-0.25, -0.2) is 0 Å². The molecule has 4 heteroatoms. The Morgan fingerprint density at radius 1 is 1.22 bits per heavy atom. The summed E-state index contributed by atoms with van der Waals surface area (Å²) in [5.74, 6) is 1.47. The smallest absolute Gasteiger partial charge is 0.228 e. The van der Waals surface area contributed by atoms with E-state index in [2.05, 4.69) is 11.4 Å². The maximum Gasteiger partial charge on any atom is 0.228 e. The highest BCUT2D eigenvalue weighted by atomic mass is 16.5. The zero-order chi connectivity index (χ0) is 16.2. The molecule has 1 aliphatic carbocycles. The van der Waals surface area contributed by atoms with Crippen molar-refractivity contribution in [3.63, 3.8) is 0 Å². The third-order valence-corrected chi connectivity index (χ3v) is 4.17. The number of benzene rings is 2. The van der Waals surface area contributed by atoms with Crippen LogP contribution in [0.25, 0.3) is 0 Å². The number of nitrogens with one attached hydrogen (secondary N) is 1. The Kier molecular flexibility index (Phi) is 4.51. The quantitative estimate of drug-likeness (QED) is 0.892. The van der Waals surface area contributed by atoms with Gasteiger partial charge in [-0.2, -0.15) is 0 Å². The predicted octanol–water partition coefficient (Wildman–Crippen LogP) is 3.05. The molecule has 2 aromatic rings. The number of rotatable bonds is 6. The zero-order valence-corrected chi connectivity index (χ0v) is 13.5. The van der Waals surface area contributed by atoms with E-state index in [0.717, 1.165) is 23.3 Å². The van der Waals surface area contributed by atoms with Gasteiger partial charge in [0.25, 0.3) is 0 Å². The molecule has 0 radical (unpaired) electrons. The largest absolute Gasteiger partial charge is 0.493 e. The van der Waals surface area contributed by atoms with E-state index in [1.807, 2.05) is 43.3 Å². The van der Waals surface area contributed by atoms with Gasteiger partial charge in [0.15, 0.2) is 11.5 Å². The molecule has 4 nitrogen and oxygen atoms in total. The molecule has 0 aliphatic heterocycles. The van der Waals surface area contributed by atoms with Crippen molar-refractivity contribution in [3.8, 4) is 11.5 Å². The van der Waals surface area contributed by atoms with Crippen molar-refractivity contribution >= 4 is 5.91 Å². The minimum atomic E-state index is -0.0178. The highest BCUT2D eigenvalue weighted by Gasteiger charge is 2.31. The standard InChI is InChI=1S/C19H21NO3/c1-3-23-17-9-8-13(10-18(17)22-2)12-20-19(21)16-11-14-6-4-5-7-15(14)16/h4-10,16H,3,11-12H2,1-2H3,(H,20,21). The minimum Gasteiger partial charge on any atom is -0.493 e. The van der Waals surface area contributed by atoms with Crippen LogP contribution in [0, 0.1) is 0 Å². The van der Waals surface area contributed by atoms with Crippen molar-refractivity contribution in [1.29, 1.82) is 0 Å². The maximum atomic E-state index is 12.3. The predicted molar refractivity (Wildman–Crippen MR) is 88.9 cm³/mol. The number of amides is 1. The third-order valence-electron chi connectivity index (χ3n) is 4.17. The van der Waals surface area contributed by atoms with Crippen molar-refractivity contribution in [2.75, 3.05) is 13.7 Å². The van der Waals surface area contributed by atoms with Crippen LogP contribution >= 0.6 is 0 Å². The molecule has 1 amide bonds. The summed E-state index contributed by atoms with van der Waals surface area (Å²) in [6.45, 7) is 3.01. The fraction of sp³-hybridized carbons (Fsp3) is 0.316.